The van der Waals surface area contributed by atoms with E-state index in [-0.39, 0.29) is 0 Å². The van der Waals surface area contributed by atoms with Crippen LogP contribution in [0.3, 0.4) is 0 Å². The monoisotopic (exact) mass is 246 g/mol. The first kappa shape index (κ1) is 11.9. The summed E-state index contributed by atoms with van der Waals surface area (Å²) in [6.07, 6.45) is 1.75. The van der Waals surface area contributed by atoms with Crippen molar-refractivity contribution in [2.24, 2.45) is 0 Å². The Morgan fingerprint density at radius 3 is 2.41 bits per heavy atom. The van der Waals surface area contributed by atoms with E-state index in [2.05, 4.69) is 42.3 Å². The van der Waals surface area contributed by atoms with Gasteiger partial charge >= 0.3 is 0 Å². The molecule has 0 bridgehead atoms. The Kier molecular flexibility index (Phi) is 3.64. The first-order valence-corrected chi connectivity index (χ1v) is 5.95. The zero-order chi connectivity index (χ0) is 12.3. The van der Waals surface area contributed by atoms with Crippen LogP contribution in [-0.4, -0.2) is 4.98 Å². The first-order chi connectivity index (χ1) is 8.16. The van der Waals surface area contributed by atoms with Gasteiger partial charge in [-0.1, -0.05) is 29.8 Å². The lowest BCUT2D eigenvalue weighted by atomic mass is 10.0. The van der Waals surface area contributed by atoms with E-state index in [9.17, 15) is 0 Å². The average Bonchev–Trinajstić information content (AvgIpc) is 2.31. The van der Waals surface area contributed by atoms with E-state index in [1.165, 1.54) is 16.7 Å². The predicted molar refractivity (Wildman–Crippen MR) is 72.5 cm³/mol. The molecule has 2 rings (SSSR count). The molecule has 1 aromatic heterocycles. The maximum Gasteiger partial charge on any atom is 0.129 e. The largest absolute Gasteiger partial charge is 0.380 e. The van der Waals surface area contributed by atoms with Crippen LogP contribution in [0.25, 0.3) is 0 Å². The highest BCUT2D eigenvalue weighted by Gasteiger charge is 2.01. The molecule has 0 unspecified atom stereocenters. The van der Waals surface area contributed by atoms with Crippen LogP contribution in [0.2, 0.25) is 5.15 Å². The van der Waals surface area contributed by atoms with E-state index in [1.807, 2.05) is 6.07 Å². The van der Waals surface area contributed by atoms with Crippen molar-refractivity contribution in [1.29, 1.82) is 0 Å². The maximum atomic E-state index is 5.74. The van der Waals surface area contributed by atoms with Crippen LogP contribution in [0, 0.1) is 13.8 Å². The Hall–Kier alpha value is -1.54. The predicted octanol–water partition coefficient (Wildman–Crippen LogP) is 3.96. The lowest BCUT2D eigenvalue weighted by Crippen LogP contribution is -2.03. The highest BCUT2D eigenvalue weighted by Crippen LogP contribution is 2.16. The number of halogens is 1. The van der Waals surface area contributed by atoms with Crippen molar-refractivity contribution in [3.8, 4) is 0 Å². The molecule has 0 aliphatic rings. The number of aromatic nitrogens is 1. The maximum absolute atomic E-state index is 5.74. The quantitative estimate of drug-likeness (QED) is 0.829. The molecule has 0 spiro atoms. The minimum atomic E-state index is 0.516. The first-order valence-electron chi connectivity index (χ1n) is 5.57. The van der Waals surface area contributed by atoms with Crippen molar-refractivity contribution >= 4 is 17.3 Å². The third kappa shape index (κ3) is 2.98. The number of pyridine rings is 1. The molecule has 88 valence electrons. The Bertz CT molecular complexity index is 486. The molecule has 2 aromatic rings. The van der Waals surface area contributed by atoms with E-state index >= 15 is 0 Å². The van der Waals surface area contributed by atoms with Crippen LogP contribution in [0.4, 0.5) is 5.69 Å². The highest BCUT2D eigenvalue weighted by molar-refractivity contribution is 6.29. The summed E-state index contributed by atoms with van der Waals surface area (Å²) in [5.41, 5.74) is 4.93. The molecule has 17 heavy (non-hydrogen) atoms. The SMILES string of the molecule is Cc1cccc(C)c1CNc1ccc(Cl)nc1. The van der Waals surface area contributed by atoms with Gasteiger partial charge in [-0.05, 0) is 42.7 Å². The van der Waals surface area contributed by atoms with E-state index in [0.717, 1.165) is 12.2 Å². The average molecular weight is 247 g/mol. The summed E-state index contributed by atoms with van der Waals surface area (Å²) in [6, 6.07) is 10.1. The third-order valence-electron chi connectivity index (χ3n) is 2.84. The number of benzene rings is 1. The van der Waals surface area contributed by atoms with Gasteiger partial charge in [0.05, 0.1) is 11.9 Å². The number of nitrogens with one attached hydrogen (secondary N) is 1. The van der Waals surface area contributed by atoms with Gasteiger partial charge < -0.3 is 5.32 Å². The molecular formula is C14H15ClN2. The molecule has 0 aliphatic heterocycles. The van der Waals surface area contributed by atoms with Crippen molar-refractivity contribution in [1.82, 2.24) is 4.98 Å². The van der Waals surface area contributed by atoms with Crippen molar-refractivity contribution < 1.29 is 0 Å². The van der Waals surface area contributed by atoms with Crippen LogP contribution in [-0.2, 0) is 6.54 Å². The summed E-state index contributed by atoms with van der Waals surface area (Å²) >= 11 is 5.74. The van der Waals surface area contributed by atoms with Gasteiger partial charge in [0.1, 0.15) is 5.15 Å². The summed E-state index contributed by atoms with van der Waals surface area (Å²) < 4.78 is 0. The fourth-order valence-corrected chi connectivity index (χ4v) is 1.91. The van der Waals surface area contributed by atoms with Gasteiger partial charge in [-0.2, -0.15) is 0 Å². The standard InChI is InChI=1S/C14H15ClN2/c1-10-4-3-5-11(2)13(10)9-16-12-6-7-14(15)17-8-12/h3-8,16H,9H2,1-2H3. The van der Waals surface area contributed by atoms with Crippen LogP contribution in [0.1, 0.15) is 16.7 Å². The fraction of sp³-hybridized carbons (Fsp3) is 0.214. The molecule has 0 amide bonds. The summed E-state index contributed by atoms with van der Waals surface area (Å²) in [7, 11) is 0. The second-order valence-electron chi connectivity index (χ2n) is 4.09. The number of aryl methyl sites for hydroxylation is 2. The van der Waals surface area contributed by atoms with Crippen LogP contribution in [0.15, 0.2) is 36.5 Å². The van der Waals surface area contributed by atoms with Gasteiger partial charge in [0, 0.05) is 6.54 Å². The van der Waals surface area contributed by atoms with Crippen molar-refractivity contribution in [2.45, 2.75) is 20.4 Å². The van der Waals surface area contributed by atoms with Gasteiger partial charge in [-0.15, -0.1) is 0 Å². The minimum Gasteiger partial charge on any atom is -0.380 e. The molecule has 0 radical (unpaired) electrons. The lowest BCUT2D eigenvalue weighted by Gasteiger charge is -2.11. The number of hydrogen-bond donors (Lipinski definition) is 1. The van der Waals surface area contributed by atoms with Gasteiger partial charge in [0.25, 0.3) is 0 Å². The van der Waals surface area contributed by atoms with Gasteiger partial charge in [-0.25, -0.2) is 4.98 Å². The van der Waals surface area contributed by atoms with Gasteiger partial charge in [-0.3, -0.25) is 0 Å². The molecule has 3 heteroatoms. The number of anilines is 1. The molecular weight excluding hydrogens is 232 g/mol. The van der Waals surface area contributed by atoms with E-state index in [0.29, 0.717) is 5.15 Å². The number of rotatable bonds is 3. The van der Waals surface area contributed by atoms with Crippen LogP contribution < -0.4 is 5.32 Å². The zero-order valence-electron chi connectivity index (χ0n) is 10.00. The molecule has 0 fully saturated rings. The zero-order valence-corrected chi connectivity index (χ0v) is 10.8. The molecule has 0 saturated heterocycles. The summed E-state index contributed by atoms with van der Waals surface area (Å²) in [4.78, 5) is 4.04. The van der Waals surface area contributed by atoms with E-state index < -0.39 is 0 Å². The van der Waals surface area contributed by atoms with Crippen LogP contribution >= 0.6 is 11.6 Å². The Morgan fingerprint density at radius 2 is 1.82 bits per heavy atom. The summed E-state index contributed by atoms with van der Waals surface area (Å²) in [5.74, 6) is 0. The number of hydrogen-bond acceptors (Lipinski definition) is 2. The molecule has 1 heterocycles. The smallest absolute Gasteiger partial charge is 0.129 e. The van der Waals surface area contributed by atoms with Gasteiger partial charge in [0.2, 0.25) is 0 Å². The topological polar surface area (TPSA) is 24.9 Å². The highest BCUT2D eigenvalue weighted by atomic mass is 35.5. The number of nitrogens with zero attached hydrogens (tertiary/aromatic N) is 1. The Labute approximate surface area is 107 Å². The van der Waals surface area contributed by atoms with Crippen LogP contribution in [0.5, 0.6) is 0 Å². The molecule has 1 N–H and O–H groups in total. The van der Waals surface area contributed by atoms with Gasteiger partial charge in [0.15, 0.2) is 0 Å². The Balaban J connectivity index is 2.10. The van der Waals surface area contributed by atoms with E-state index in [4.69, 9.17) is 11.6 Å². The van der Waals surface area contributed by atoms with E-state index in [1.54, 1.807) is 12.3 Å². The summed E-state index contributed by atoms with van der Waals surface area (Å²) in [6.45, 7) is 5.07. The van der Waals surface area contributed by atoms with Crippen molar-refractivity contribution in [3.63, 3.8) is 0 Å². The Morgan fingerprint density at radius 1 is 1.12 bits per heavy atom. The minimum absolute atomic E-state index is 0.516. The molecule has 1 aromatic carbocycles. The second kappa shape index (κ2) is 5.19. The lowest BCUT2D eigenvalue weighted by molar-refractivity contribution is 1.08. The van der Waals surface area contributed by atoms with Crippen molar-refractivity contribution in [2.75, 3.05) is 5.32 Å². The van der Waals surface area contributed by atoms with Crippen molar-refractivity contribution in [3.05, 3.63) is 58.4 Å². The molecule has 0 saturated carbocycles. The molecule has 0 aliphatic carbocycles. The second-order valence-corrected chi connectivity index (χ2v) is 4.48. The molecule has 0 atom stereocenters. The summed E-state index contributed by atoms with van der Waals surface area (Å²) in [5, 5.41) is 3.86. The normalized spacial score (nSPS) is 10.3. The third-order valence-corrected chi connectivity index (χ3v) is 3.06. The fourth-order valence-electron chi connectivity index (χ4n) is 1.80. The molecule has 2 nitrogen and oxygen atoms in total.